The van der Waals surface area contributed by atoms with E-state index in [1.807, 2.05) is 24.5 Å². The molecule has 6 heteroatoms. The number of aryl methyl sites for hydroxylation is 3. The van der Waals surface area contributed by atoms with E-state index < -0.39 is 0 Å². The summed E-state index contributed by atoms with van der Waals surface area (Å²) in [5, 5.41) is 0. The van der Waals surface area contributed by atoms with Gasteiger partial charge in [-0.25, -0.2) is 15.0 Å². The molecule has 0 aromatic carbocycles. The zero-order valence-corrected chi connectivity index (χ0v) is 17.1. The second-order valence-corrected chi connectivity index (χ2v) is 7.66. The van der Waals surface area contributed by atoms with Gasteiger partial charge in [0, 0.05) is 34.6 Å². The fourth-order valence-electron chi connectivity index (χ4n) is 4.11. The Morgan fingerprint density at radius 3 is 2.57 bits per heavy atom. The molecule has 1 aliphatic rings. The van der Waals surface area contributed by atoms with E-state index in [0.29, 0.717) is 23.1 Å². The third-order valence-corrected chi connectivity index (χ3v) is 5.70. The predicted molar refractivity (Wildman–Crippen MR) is 110 cm³/mol. The fourth-order valence-corrected chi connectivity index (χ4v) is 4.11. The fraction of sp³-hybridized carbons (Fsp3) is 0.455. The number of pyridine rings is 2. The first kappa shape index (κ1) is 18.6. The van der Waals surface area contributed by atoms with Gasteiger partial charge < -0.3 is 4.74 Å². The number of methoxy groups -OCH3 is 1. The molecule has 1 saturated carbocycles. The number of hydrogen-bond donors (Lipinski definition) is 0. The van der Waals surface area contributed by atoms with Gasteiger partial charge in [-0.05, 0) is 58.1 Å². The summed E-state index contributed by atoms with van der Waals surface area (Å²) >= 11 is 0. The van der Waals surface area contributed by atoms with Crippen LogP contribution in [0.3, 0.4) is 0 Å². The Bertz CT molecular complexity index is 1120. The van der Waals surface area contributed by atoms with E-state index in [0.717, 1.165) is 34.3 Å². The van der Waals surface area contributed by atoms with Crippen molar-refractivity contribution in [2.75, 3.05) is 7.11 Å². The lowest BCUT2D eigenvalue weighted by molar-refractivity contribution is 0.394. The van der Waals surface area contributed by atoms with Crippen LogP contribution >= 0.6 is 0 Å². The van der Waals surface area contributed by atoms with Crippen molar-refractivity contribution in [3.63, 3.8) is 0 Å². The molecule has 0 radical (unpaired) electrons. The third kappa shape index (κ3) is 2.97. The first-order valence-corrected chi connectivity index (χ1v) is 9.86. The topological polar surface area (TPSA) is 69.9 Å². The summed E-state index contributed by atoms with van der Waals surface area (Å²) in [4.78, 5) is 26.8. The number of ether oxygens (including phenoxy) is 1. The van der Waals surface area contributed by atoms with Crippen molar-refractivity contribution in [3.05, 3.63) is 45.6 Å². The van der Waals surface area contributed by atoms with Crippen molar-refractivity contribution >= 4 is 11.2 Å². The van der Waals surface area contributed by atoms with Crippen LogP contribution in [-0.4, -0.2) is 26.6 Å². The van der Waals surface area contributed by atoms with Gasteiger partial charge in [0.25, 0.3) is 5.56 Å². The van der Waals surface area contributed by atoms with Crippen LogP contribution < -0.4 is 10.3 Å². The van der Waals surface area contributed by atoms with E-state index in [-0.39, 0.29) is 11.6 Å². The molecule has 6 nitrogen and oxygen atoms in total. The highest BCUT2D eigenvalue weighted by Crippen LogP contribution is 2.42. The van der Waals surface area contributed by atoms with Crippen LogP contribution in [0.2, 0.25) is 0 Å². The summed E-state index contributed by atoms with van der Waals surface area (Å²) in [5.74, 6) is 1.19. The second kappa shape index (κ2) is 7.00. The Morgan fingerprint density at radius 2 is 1.93 bits per heavy atom. The average Bonchev–Trinajstić information content (AvgIpc) is 3.51. The maximum Gasteiger partial charge on any atom is 0.273 e. The first-order valence-electron chi connectivity index (χ1n) is 9.86. The van der Waals surface area contributed by atoms with Gasteiger partial charge in [0.15, 0.2) is 5.65 Å². The summed E-state index contributed by atoms with van der Waals surface area (Å²) in [6.07, 6.45) is 5.03. The molecular formula is C22H26N4O2. The van der Waals surface area contributed by atoms with E-state index in [1.165, 1.54) is 12.8 Å². The molecule has 4 rings (SSSR count). The highest BCUT2D eigenvalue weighted by Gasteiger charge is 2.33. The molecule has 3 aromatic heterocycles. The van der Waals surface area contributed by atoms with E-state index in [1.54, 1.807) is 20.2 Å². The van der Waals surface area contributed by atoms with Gasteiger partial charge in [-0.2, -0.15) is 0 Å². The van der Waals surface area contributed by atoms with Gasteiger partial charge in [-0.15, -0.1) is 0 Å². The lowest BCUT2D eigenvalue weighted by atomic mass is 10.0. The predicted octanol–water partition coefficient (Wildman–Crippen LogP) is 4.15. The summed E-state index contributed by atoms with van der Waals surface area (Å²) < 4.78 is 7.24. The molecule has 28 heavy (non-hydrogen) atoms. The van der Waals surface area contributed by atoms with Gasteiger partial charge in [0.1, 0.15) is 11.2 Å². The van der Waals surface area contributed by atoms with Crippen molar-refractivity contribution in [1.82, 2.24) is 19.5 Å². The molecule has 0 N–H and O–H groups in total. The van der Waals surface area contributed by atoms with Crippen molar-refractivity contribution in [3.8, 4) is 17.0 Å². The standard InChI is InChI=1S/C22H26N4O2/c1-6-18(15-7-8-15)26-20-19(24-14(4)22(26)27)16(9-10-23-20)17-11-12(2)21(28-5)25-13(17)3/h9-11,15,18H,6-8H2,1-5H3/t18-/m1/s1. The minimum Gasteiger partial charge on any atom is -0.481 e. The van der Waals surface area contributed by atoms with Crippen LogP contribution in [0.15, 0.2) is 23.1 Å². The molecule has 3 aromatic rings. The van der Waals surface area contributed by atoms with Gasteiger partial charge in [0.2, 0.25) is 5.88 Å². The number of rotatable bonds is 5. The quantitative estimate of drug-likeness (QED) is 0.667. The Morgan fingerprint density at radius 1 is 1.18 bits per heavy atom. The largest absolute Gasteiger partial charge is 0.481 e. The van der Waals surface area contributed by atoms with Crippen LogP contribution in [0.5, 0.6) is 5.88 Å². The minimum absolute atomic E-state index is 0.0309. The lowest BCUT2D eigenvalue weighted by Crippen LogP contribution is -2.29. The molecule has 1 fully saturated rings. The highest BCUT2D eigenvalue weighted by molar-refractivity contribution is 5.90. The SMILES string of the molecule is CC[C@H](C1CC1)n1c(=O)c(C)nc2c(-c3cc(C)c(OC)nc3C)ccnc21. The summed E-state index contributed by atoms with van der Waals surface area (Å²) in [6, 6.07) is 4.20. The molecule has 1 aliphatic carbocycles. The molecule has 0 aliphatic heterocycles. The number of nitrogens with zero attached hydrogens (tertiary/aromatic N) is 4. The Balaban J connectivity index is 2.01. The van der Waals surface area contributed by atoms with Crippen LogP contribution in [0, 0.1) is 26.7 Å². The molecule has 0 bridgehead atoms. The first-order chi connectivity index (χ1) is 13.5. The van der Waals surface area contributed by atoms with Gasteiger partial charge >= 0.3 is 0 Å². The van der Waals surface area contributed by atoms with Gasteiger partial charge in [-0.1, -0.05) is 6.92 Å². The molecule has 146 valence electrons. The molecule has 0 unspecified atom stereocenters. The smallest absolute Gasteiger partial charge is 0.273 e. The average molecular weight is 378 g/mol. The van der Waals surface area contributed by atoms with Crippen LogP contribution in [-0.2, 0) is 0 Å². The van der Waals surface area contributed by atoms with E-state index >= 15 is 0 Å². The van der Waals surface area contributed by atoms with Crippen molar-refractivity contribution in [1.29, 1.82) is 0 Å². The zero-order chi connectivity index (χ0) is 20.0. The van der Waals surface area contributed by atoms with Gasteiger partial charge in [0.05, 0.1) is 7.11 Å². The Hall–Kier alpha value is -2.76. The third-order valence-electron chi connectivity index (χ3n) is 5.70. The zero-order valence-electron chi connectivity index (χ0n) is 17.1. The number of aromatic nitrogens is 4. The summed E-state index contributed by atoms with van der Waals surface area (Å²) in [6.45, 7) is 7.87. The molecule has 0 amide bonds. The molecular weight excluding hydrogens is 352 g/mol. The van der Waals surface area contributed by atoms with E-state index in [4.69, 9.17) is 4.74 Å². The van der Waals surface area contributed by atoms with E-state index in [2.05, 4.69) is 27.9 Å². The second-order valence-electron chi connectivity index (χ2n) is 7.66. The van der Waals surface area contributed by atoms with E-state index in [9.17, 15) is 4.79 Å². The van der Waals surface area contributed by atoms with Crippen LogP contribution in [0.4, 0.5) is 0 Å². The Labute approximate surface area is 164 Å². The van der Waals surface area contributed by atoms with Crippen LogP contribution in [0.25, 0.3) is 22.3 Å². The Kier molecular flexibility index (Phi) is 4.65. The summed E-state index contributed by atoms with van der Waals surface area (Å²) in [5.41, 5.74) is 5.66. The lowest BCUT2D eigenvalue weighted by Gasteiger charge is -2.21. The van der Waals surface area contributed by atoms with Crippen LogP contribution in [0.1, 0.15) is 49.2 Å². The maximum absolute atomic E-state index is 13.0. The molecule has 0 spiro atoms. The minimum atomic E-state index is -0.0309. The number of fused-ring (bicyclic) bond motifs is 1. The normalized spacial score (nSPS) is 15.0. The van der Waals surface area contributed by atoms with Gasteiger partial charge in [-0.3, -0.25) is 9.36 Å². The highest BCUT2D eigenvalue weighted by atomic mass is 16.5. The van der Waals surface area contributed by atoms with Crippen molar-refractivity contribution in [2.45, 2.75) is 53.0 Å². The molecule has 0 saturated heterocycles. The maximum atomic E-state index is 13.0. The van der Waals surface area contributed by atoms with Crippen molar-refractivity contribution in [2.24, 2.45) is 5.92 Å². The monoisotopic (exact) mass is 378 g/mol. The van der Waals surface area contributed by atoms with Crippen molar-refractivity contribution < 1.29 is 4.74 Å². The summed E-state index contributed by atoms with van der Waals surface area (Å²) in [7, 11) is 1.63. The molecule has 1 atom stereocenters. The molecule has 3 heterocycles. The number of hydrogen-bond acceptors (Lipinski definition) is 5.